The summed E-state index contributed by atoms with van der Waals surface area (Å²) in [6.07, 6.45) is 2.18. The molecular formula is C19H23N3O3S. The van der Waals surface area contributed by atoms with Crippen molar-refractivity contribution >= 4 is 23.3 Å². The van der Waals surface area contributed by atoms with Gasteiger partial charge in [-0.05, 0) is 24.8 Å². The van der Waals surface area contributed by atoms with E-state index in [-0.39, 0.29) is 18.6 Å². The van der Waals surface area contributed by atoms with Crippen molar-refractivity contribution in [1.82, 2.24) is 15.2 Å². The molecule has 3 rings (SSSR count). The highest BCUT2D eigenvalue weighted by Gasteiger charge is 2.29. The van der Waals surface area contributed by atoms with Gasteiger partial charge in [-0.15, -0.1) is 11.3 Å². The van der Waals surface area contributed by atoms with E-state index in [2.05, 4.69) is 17.2 Å². The van der Waals surface area contributed by atoms with Crippen molar-refractivity contribution < 1.29 is 14.3 Å². The van der Waals surface area contributed by atoms with Crippen LogP contribution >= 0.6 is 11.3 Å². The van der Waals surface area contributed by atoms with Crippen LogP contribution in [0.2, 0.25) is 0 Å². The molecule has 0 bridgehead atoms. The number of carbonyl (C=O) groups is 2. The van der Waals surface area contributed by atoms with Crippen molar-refractivity contribution in [3.05, 3.63) is 52.0 Å². The highest BCUT2D eigenvalue weighted by Crippen LogP contribution is 2.17. The molecule has 26 heavy (non-hydrogen) atoms. The first-order chi connectivity index (χ1) is 12.7. The molecule has 1 fully saturated rings. The van der Waals surface area contributed by atoms with E-state index < -0.39 is 6.09 Å². The van der Waals surface area contributed by atoms with Crippen LogP contribution in [0, 0.1) is 0 Å². The van der Waals surface area contributed by atoms with Crippen molar-refractivity contribution in [2.24, 2.45) is 0 Å². The third-order valence-corrected chi connectivity index (χ3v) is 5.15. The maximum absolute atomic E-state index is 12.5. The van der Waals surface area contributed by atoms with Crippen molar-refractivity contribution in [3.8, 4) is 0 Å². The van der Waals surface area contributed by atoms with Crippen molar-refractivity contribution in [2.45, 2.75) is 38.8 Å². The number of carbonyl (C=O) groups excluding carboxylic acids is 2. The van der Waals surface area contributed by atoms with E-state index >= 15 is 0 Å². The second-order valence-electron chi connectivity index (χ2n) is 6.32. The van der Waals surface area contributed by atoms with Crippen LogP contribution < -0.4 is 5.32 Å². The number of nitrogens with one attached hydrogen (secondary N) is 1. The van der Waals surface area contributed by atoms with Crippen LogP contribution in [0.1, 0.15) is 40.8 Å². The molecule has 0 radical (unpaired) electrons. The topological polar surface area (TPSA) is 71.5 Å². The Morgan fingerprint density at radius 3 is 2.92 bits per heavy atom. The molecule has 0 aliphatic carbocycles. The minimum atomic E-state index is -0.452. The average Bonchev–Trinajstić information content (AvgIpc) is 3.30. The van der Waals surface area contributed by atoms with Gasteiger partial charge in [-0.25, -0.2) is 9.78 Å². The summed E-state index contributed by atoms with van der Waals surface area (Å²) in [6, 6.07) is 9.45. The lowest BCUT2D eigenvalue weighted by molar-refractivity contribution is 0.0781. The Hall–Kier alpha value is -2.41. The van der Waals surface area contributed by atoms with E-state index in [1.165, 1.54) is 11.3 Å². The number of aromatic nitrogens is 1. The number of thiazole rings is 1. The number of aryl methyl sites for hydroxylation is 1. The van der Waals surface area contributed by atoms with Gasteiger partial charge < -0.3 is 15.0 Å². The second-order valence-corrected chi connectivity index (χ2v) is 7.26. The molecule has 138 valence electrons. The summed E-state index contributed by atoms with van der Waals surface area (Å²) < 4.78 is 5.24. The summed E-state index contributed by atoms with van der Waals surface area (Å²) in [7, 11) is 0. The highest BCUT2D eigenvalue weighted by atomic mass is 32.1. The summed E-state index contributed by atoms with van der Waals surface area (Å²) in [5.74, 6) is -0.0643. The first-order valence-electron chi connectivity index (χ1n) is 8.86. The molecule has 1 aliphatic rings. The maximum Gasteiger partial charge on any atom is 0.407 e. The predicted molar refractivity (Wildman–Crippen MR) is 100 cm³/mol. The van der Waals surface area contributed by atoms with E-state index in [0.29, 0.717) is 18.8 Å². The number of nitrogens with zero attached hydrogens (tertiary/aromatic N) is 2. The number of likely N-dealkylation sites (tertiary alicyclic amines) is 1. The van der Waals surface area contributed by atoms with E-state index in [0.717, 1.165) is 29.8 Å². The number of benzene rings is 1. The third kappa shape index (κ3) is 4.82. The van der Waals surface area contributed by atoms with Crippen LogP contribution in [0.4, 0.5) is 4.79 Å². The fourth-order valence-corrected chi connectivity index (χ4v) is 3.77. The first kappa shape index (κ1) is 18.4. The molecule has 6 nitrogen and oxygen atoms in total. The molecular weight excluding hydrogens is 350 g/mol. The van der Waals surface area contributed by atoms with Crippen molar-refractivity contribution in [3.63, 3.8) is 0 Å². The summed E-state index contributed by atoms with van der Waals surface area (Å²) in [4.78, 5) is 30.6. The summed E-state index contributed by atoms with van der Waals surface area (Å²) >= 11 is 1.53. The van der Waals surface area contributed by atoms with Gasteiger partial charge in [0.2, 0.25) is 0 Å². The van der Waals surface area contributed by atoms with Crippen LogP contribution in [0.3, 0.4) is 0 Å². The van der Waals surface area contributed by atoms with Crippen LogP contribution in [0.15, 0.2) is 35.7 Å². The standard InChI is InChI=1S/C19H23N3O3S/c1-2-6-17-21-16(13-26-17)18(23)22-10-9-15(11-22)20-19(24)25-12-14-7-4-3-5-8-14/h3-5,7-8,13,15H,2,6,9-12H2,1H3,(H,20,24). The van der Waals surface area contributed by atoms with Crippen LogP contribution in [-0.2, 0) is 17.8 Å². The summed E-state index contributed by atoms with van der Waals surface area (Å²) in [5.41, 5.74) is 1.45. The Labute approximate surface area is 157 Å². The molecule has 2 heterocycles. The molecule has 7 heteroatoms. The number of hydrogen-bond donors (Lipinski definition) is 1. The van der Waals surface area contributed by atoms with Gasteiger partial charge in [-0.1, -0.05) is 37.3 Å². The monoisotopic (exact) mass is 373 g/mol. The molecule has 1 atom stereocenters. The van der Waals surface area contributed by atoms with Gasteiger partial charge in [0.15, 0.2) is 0 Å². The Morgan fingerprint density at radius 1 is 1.35 bits per heavy atom. The van der Waals surface area contributed by atoms with Crippen LogP contribution in [-0.4, -0.2) is 41.0 Å². The van der Waals surface area contributed by atoms with E-state index in [1.54, 1.807) is 4.90 Å². The minimum absolute atomic E-state index is 0.0643. The zero-order valence-electron chi connectivity index (χ0n) is 14.8. The number of hydrogen-bond acceptors (Lipinski definition) is 5. The minimum Gasteiger partial charge on any atom is -0.445 e. The molecule has 1 saturated heterocycles. The van der Waals surface area contributed by atoms with E-state index in [9.17, 15) is 9.59 Å². The second kappa shape index (κ2) is 8.80. The highest BCUT2D eigenvalue weighted by molar-refractivity contribution is 7.09. The molecule has 0 spiro atoms. The van der Waals surface area contributed by atoms with Gasteiger partial charge >= 0.3 is 6.09 Å². The maximum atomic E-state index is 12.5. The Bertz CT molecular complexity index is 747. The zero-order chi connectivity index (χ0) is 18.4. The molecule has 1 aromatic heterocycles. The summed E-state index contributed by atoms with van der Waals surface area (Å²) in [5, 5.41) is 5.65. The van der Waals surface area contributed by atoms with E-state index in [4.69, 9.17) is 4.74 Å². The van der Waals surface area contributed by atoms with Crippen molar-refractivity contribution in [1.29, 1.82) is 0 Å². The zero-order valence-corrected chi connectivity index (χ0v) is 15.6. The van der Waals surface area contributed by atoms with Gasteiger partial charge in [-0.3, -0.25) is 4.79 Å². The first-order valence-corrected chi connectivity index (χ1v) is 9.74. The van der Waals surface area contributed by atoms with Crippen molar-refractivity contribution in [2.75, 3.05) is 13.1 Å². The molecule has 1 N–H and O–H groups in total. The third-order valence-electron chi connectivity index (χ3n) is 4.24. The van der Waals surface area contributed by atoms with Gasteiger partial charge in [0.25, 0.3) is 5.91 Å². The fourth-order valence-electron chi connectivity index (χ4n) is 2.89. The Morgan fingerprint density at radius 2 is 2.15 bits per heavy atom. The van der Waals surface area contributed by atoms with Gasteiger partial charge in [0.05, 0.1) is 11.0 Å². The Kier molecular flexibility index (Phi) is 6.22. The quantitative estimate of drug-likeness (QED) is 0.844. The molecule has 1 aliphatic heterocycles. The van der Waals surface area contributed by atoms with Crippen LogP contribution in [0.5, 0.6) is 0 Å². The molecule has 0 saturated carbocycles. The lowest BCUT2D eigenvalue weighted by atomic mass is 10.2. The molecule has 2 aromatic rings. The Balaban J connectivity index is 1.45. The smallest absolute Gasteiger partial charge is 0.407 e. The molecule has 1 unspecified atom stereocenters. The SMILES string of the molecule is CCCc1nc(C(=O)N2CCC(NC(=O)OCc3ccccc3)C2)cs1. The average molecular weight is 373 g/mol. The number of rotatable bonds is 6. The normalized spacial score (nSPS) is 16.5. The molecule has 1 aromatic carbocycles. The van der Waals surface area contributed by atoms with Gasteiger partial charge in [0.1, 0.15) is 12.3 Å². The largest absolute Gasteiger partial charge is 0.445 e. The fraction of sp³-hybridized carbons (Fsp3) is 0.421. The van der Waals surface area contributed by atoms with Crippen LogP contribution in [0.25, 0.3) is 0 Å². The lowest BCUT2D eigenvalue weighted by Crippen LogP contribution is -2.38. The van der Waals surface area contributed by atoms with E-state index in [1.807, 2.05) is 35.7 Å². The van der Waals surface area contributed by atoms with Gasteiger partial charge in [0, 0.05) is 18.5 Å². The molecule has 2 amide bonds. The van der Waals surface area contributed by atoms with Gasteiger partial charge in [-0.2, -0.15) is 0 Å². The lowest BCUT2D eigenvalue weighted by Gasteiger charge is -2.16. The predicted octanol–water partition coefficient (Wildman–Crippen LogP) is 3.24. The number of amides is 2. The number of ether oxygens (including phenoxy) is 1. The number of alkyl carbamates (subject to hydrolysis) is 1. The summed E-state index contributed by atoms with van der Waals surface area (Å²) in [6.45, 7) is 3.43.